The summed E-state index contributed by atoms with van der Waals surface area (Å²) in [6.07, 6.45) is 0. The van der Waals surface area contributed by atoms with Crippen molar-refractivity contribution < 1.29 is 13.9 Å². The first-order valence-electron chi connectivity index (χ1n) is 7.45. The van der Waals surface area contributed by atoms with Crippen LogP contribution >= 0.6 is 22.7 Å². The summed E-state index contributed by atoms with van der Waals surface area (Å²) in [7, 11) is 0. The second-order valence-corrected chi connectivity index (χ2v) is 7.39. The monoisotopic (exact) mass is 373 g/mol. The largest absolute Gasteiger partial charge is 0.364 e. The normalized spacial score (nSPS) is 11.2. The van der Waals surface area contributed by atoms with E-state index in [1.54, 1.807) is 17.4 Å². The van der Waals surface area contributed by atoms with Crippen molar-refractivity contribution in [3.05, 3.63) is 53.3 Å². The maximum absolute atomic E-state index is 13.2. The van der Waals surface area contributed by atoms with Crippen molar-refractivity contribution in [3.8, 4) is 0 Å². The van der Waals surface area contributed by atoms with Gasteiger partial charge in [-0.05, 0) is 30.3 Å². The van der Waals surface area contributed by atoms with Gasteiger partial charge in [-0.3, -0.25) is 10.1 Å². The number of ether oxygens (including phenoxy) is 1. The molecule has 0 saturated carbocycles. The van der Waals surface area contributed by atoms with Crippen LogP contribution in [0.5, 0.6) is 0 Å². The lowest BCUT2D eigenvalue weighted by Gasteiger charge is -2.01. The predicted octanol–water partition coefficient (Wildman–Crippen LogP) is 4.20. The number of halogens is 1. The molecule has 2 aromatic heterocycles. The minimum atomic E-state index is -0.326. The molecule has 0 aliphatic carbocycles. The van der Waals surface area contributed by atoms with Crippen LogP contribution in [0.4, 0.5) is 9.52 Å². The van der Waals surface area contributed by atoms with Gasteiger partial charge in [0.15, 0.2) is 5.13 Å². The zero-order valence-corrected chi connectivity index (χ0v) is 14.5. The summed E-state index contributed by atoms with van der Waals surface area (Å²) in [4.78, 5) is 20.6. The van der Waals surface area contributed by atoms with Gasteiger partial charge in [0.05, 0.1) is 27.0 Å². The molecule has 5 nitrogen and oxygen atoms in total. The Morgan fingerprint density at radius 3 is 2.80 bits per heavy atom. The standard InChI is InChI=1S/C17H12FN3O2S2/c18-10-5-6-12-14(7-10)25-17(20-12)21-15(22)8-23-9-16-19-11-3-1-2-4-13(11)24-16/h1-7H,8-9H2,(H,20,21,22). The molecule has 2 heterocycles. The van der Waals surface area contributed by atoms with Crippen molar-refractivity contribution in [2.45, 2.75) is 6.61 Å². The number of nitrogens with one attached hydrogen (secondary N) is 1. The third-order valence-corrected chi connectivity index (χ3v) is 5.34. The van der Waals surface area contributed by atoms with Crippen LogP contribution in [0.3, 0.4) is 0 Å². The highest BCUT2D eigenvalue weighted by molar-refractivity contribution is 7.22. The number of para-hydroxylation sites is 1. The molecule has 0 bridgehead atoms. The molecule has 0 fully saturated rings. The number of hydrogen-bond donors (Lipinski definition) is 1. The summed E-state index contributed by atoms with van der Waals surface area (Å²) in [5.41, 5.74) is 1.58. The smallest absolute Gasteiger partial charge is 0.252 e. The summed E-state index contributed by atoms with van der Waals surface area (Å²) >= 11 is 2.77. The number of aromatic nitrogens is 2. The third kappa shape index (κ3) is 3.65. The number of nitrogens with zero attached hydrogens (tertiary/aromatic N) is 2. The summed E-state index contributed by atoms with van der Waals surface area (Å²) in [6.45, 7) is 0.179. The molecular formula is C17H12FN3O2S2. The zero-order valence-electron chi connectivity index (χ0n) is 12.9. The van der Waals surface area contributed by atoms with Crippen LogP contribution in [-0.4, -0.2) is 22.5 Å². The van der Waals surface area contributed by atoms with E-state index in [4.69, 9.17) is 4.74 Å². The molecule has 1 N–H and O–H groups in total. The summed E-state index contributed by atoms with van der Waals surface area (Å²) in [5.74, 6) is -0.631. The topological polar surface area (TPSA) is 64.1 Å². The van der Waals surface area contributed by atoms with E-state index in [0.29, 0.717) is 15.3 Å². The third-order valence-electron chi connectivity index (χ3n) is 3.39. The first kappa shape index (κ1) is 16.1. The Labute approximate surface area is 150 Å². The molecule has 2 aromatic carbocycles. The average Bonchev–Trinajstić information content (AvgIpc) is 3.17. The Hall–Kier alpha value is -2.42. The minimum Gasteiger partial charge on any atom is -0.364 e. The fourth-order valence-corrected chi connectivity index (χ4v) is 4.13. The SMILES string of the molecule is O=C(COCc1nc2ccccc2s1)Nc1nc2ccc(F)cc2s1. The van der Waals surface area contributed by atoms with Crippen molar-refractivity contribution in [3.63, 3.8) is 0 Å². The molecule has 0 aliphatic rings. The minimum absolute atomic E-state index is 0.0970. The van der Waals surface area contributed by atoms with E-state index in [1.165, 1.54) is 23.5 Å². The summed E-state index contributed by atoms with van der Waals surface area (Å²) in [5, 5.41) is 3.92. The van der Waals surface area contributed by atoms with Gasteiger partial charge in [-0.1, -0.05) is 23.5 Å². The van der Waals surface area contributed by atoms with Crippen molar-refractivity contribution in [1.82, 2.24) is 9.97 Å². The maximum atomic E-state index is 13.2. The van der Waals surface area contributed by atoms with Crippen LogP contribution in [-0.2, 0) is 16.1 Å². The number of carbonyl (C=O) groups excluding carboxylic acids is 1. The number of rotatable bonds is 5. The molecular weight excluding hydrogens is 361 g/mol. The van der Waals surface area contributed by atoms with Crippen LogP contribution in [0.25, 0.3) is 20.4 Å². The van der Waals surface area contributed by atoms with E-state index < -0.39 is 0 Å². The molecule has 25 heavy (non-hydrogen) atoms. The summed E-state index contributed by atoms with van der Waals surface area (Å²) in [6, 6.07) is 12.2. The van der Waals surface area contributed by atoms with E-state index >= 15 is 0 Å². The van der Waals surface area contributed by atoms with Crippen molar-refractivity contribution in [2.75, 3.05) is 11.9 Å². The highest BCUT2D eigenvalue weighted by Gasteiger charge is 2.10. The van der Waals surface area contributed by atoms with Crippen molar-refractivity contribution in [1.29, 1.82) is 0 Å². The zero-order chi connectivity index (χ0) is 17.2. The first-order chi connectivity index (χ1) is 12.2. The maximum Gasteiger partial charge on any atom is 0.252 e. The van der Waals surface area contributed by atoms with Gasteiger partial charge in [0, 0.05) is 0 Å². The molecule has 0 radical (unpaired) electrons. The molecule has 0 saturated heterocycles. The van der Waals surface area contributed by atoms with Crippen molar-refractivity contribution in [2.24, 2.45) is 0 Å². The lowest BCUT2D eigenvalue weighted by atomic mass is 10.3. The van der Waals surface area contributed by atoms with Crippen molar-refractivity contribution >= 4 is 54.1 Å². The molecule has 8 heteroatoms. The number of fused-ring (bicyclic) bond motifs is 2. The van der Waals surface area contributed by atoms with E-state index in [-0.39, 0.29) is 24.9 Å². The van der Waals surface area contributed by atoms with E-state index in [0.717, 1.165) is 15.2 Å². The number of hydrogen-bond acceptors (Lipinski definition) is 6. The van der Waals surface area contributed by atoms with Gasteiger partial charge in [0.2, 0.25) is 0 Å². The van der Waals surface area contributed by atoms with Gasteiger partial charge in [-0.15, -0.1) is 11.3 Å². The van der Waals surface area contributed by atoms with Gasteiger partial charge in [-0.25, -0.2) is 14.4 Å². The molecule has 126 valence electrons. The molecule has 4 aromatic rings. The van der Waals surface area contributed by atoms with Crippen LogP contribution in [0, 0.1) is 5.82 Å². The first-order valence-corrected chi connectivity index (χ1v) is 9.09. The van der Waals surface area contributed by atoms with Gasteiger partial charge >= 0.3 is 0 Å². The van der Waals surface area contributed by atoms with Gasteiger partial charge < -0.3 is 4.74 Å². The second-order valence-electron chi connectivity index (χ2n) is 5.25. The van der Waals surface area contributed by atoms with E-state index in [9.17, 15) is 9.18 Å². The number of anilines is 1. The van der Waals surface area contributed by atoms with Crippen LogP contribution < -0.4 is 5.32 Å². The number of amides is 1. The van der Waals surface area contributed by atoms with Crippen LogP contribution in [0.15, 0.2) is 42.5 Å². The Balaban J connectivity index is 1.33. The fraction of sp³-hybridized carbons (Fsp3) is 0.118. The van der Waals surface area contributed by atoms with E-state index in [2.05, 4.69) is 15.3 Å². The lowest BCUT2D eigenvalue weighted by Crippen LogP contribution is -2.18. The van der Waals surface area contributed by atoms with Gasteiger partial charge in [0.25, 0.3) is 5.91 Å². The number of thiazole rings is 2. The Bertz CT molecular complexity index is 1030. The second kappa shape index (κ2) is 6.83. The number of carbonyl (C=O) groups is 1. The highest BCUT2D eigenvalue weighted by atomic mass is 32.1. The Morgan fingerprint density at radius 2 is 1.92 bits per heavy atom. The van der Waals surface area contributed by atoms with Gasteiger partial charge in [0.1, 0.15) is 17.4 Å². The average molecular weight is 373 g/mol. The Morgan fingerprint density at radius 1 is 1.08 bits per heavy atom. The molecule has 0 atom stereocenters. The quantitative estimate of drug-likeness (QED) is 0.569. The summed E-state index contributed by atoms with van der Waals surface area (Å²) < 4.78 is 20.4. The molecule has 0 aliphatic heterocycles. The van der Waals surface area contributed by atoms with Crippen LogP contribution in [0.1, 0.15) is 5.01 Å². The molecule has 0 unspecified atom stereocenters. The van der Waals surface area contributed by atoms with E-state index in [1.807, 2.05) is 24.3 Å². The predicted molar refractivity (Wildman–Crippen MR) is 97.5 cm³/mol. The molecule has 4 rings (SSSR count). The van der Waals surface area contributed by atoms with Crippen LogP contribution in [0.2, 0.25) is 0 Å². The molecule has 0 spiro atoms. The number of benzene rings is 2. The van der Waals surface area contributed by atoms with Gasteiger partial charge in [-0.2, -0.15) is 0 Å². The fourth-order valence-electron chi connectivity index (χ4n) is 2.32. The lowest BCUT2D eigenvalue weighted by molar-refractivity contribution is -0.121. The Kier molecular flexibility index (Phi) is 4.39. The highest BCUT2D eigenvalue weighted by Crippen LogP contribution is 2.26. The molecule has 1 amide bonds.